The minimum atomic E-state index is -0.336. The molecule has 1 aromatic carbocycles. The number of benzene rings is 1. The highest BCUT2D eigenvalue weighted by atomic mass is 79.9. The Morgan fingerprint density at radius 3 is 2.61 bits per heavy atom. The number of fused-ring (bicyclic) bond motifs is 1. The van der Waals surface area contributed by atoms with Gasteiger partial charge in [-0.3, -0.25) is 9.59 Å². The van der Waals surface area contributed by atoms with Crippen LogP contribution in [0.5, 0.6) is 0 Å². The molecule has 0 saturated carbocycles. The van der Waals surface area contributed by atoms with Crippen molar-refractivity contribution < 1.29 is 18.4 Å². The summed E-state index contributed by atoms with van der Waals surface area (Å²) in [5, 5.41) is 3.17. The Bertz CT molecular complexity index is 1140. The van der Waals surface area contributed by atoms with Crippen LogP contribution in [-0.4, -0.2) is 18.9 Å². The van der Waals surface area contributed by atoms with Crippen LogP contribution in [0, 0.1) is 12.3 Å². The first-order valence-corrected chi connectivity index (χ1v) is 11.0. The van der Waals surface area contributed by atoms with E-state index in [0.29, 0.717) is 15.9 Å². The van der Waals surface area contributed by atoms with Crippen molar-refractivity contribution in [3.63, 3.8) is 0 Å². The number of furan rings is 2. The monoisotopic (exact) mass is 484 g/mol. The zero-order valence-corrected chi connectivity index (χ0v) is 19.6. The Kier molecular flexibility index (Phi) is 5.56. The molecular weight excluding hydrogens is 460 g/mol. The van der Waals surface area contributed by atoms with E-state index in [1.54, 1.807) is 43.4 Å². The number of nitrogens with one attached hydrogen (secondary N) is 1. The second kappa shape index (κ2) is 8.04. The van der Waals surface area contributed by atoms with Gasteiger partial charge in [-0.05, 0) is 65.0 Å². The van der Waals surface area contributed by atoms with Crippen molar-refractivity contribution in [3.8, 4) is 0 Å². The van der Waals surface area contributed by atoms with Gasteiger partial charge in [0.05, 0.1) is 17.3 Å². The lowest BCUT2D eigenvalue weighted by Gasteiger charge is -2.35. The van der Waals surface area contributed by atoms with Crippen molar-refractivity contribution in [3.05, 3.63) is 75.5 Å². The highest BCUT2D eigenvalue weighted by molar-refractivity contribution is 9.10. The summed E-state index contributed by atoms with van der Waals surface area (Å²) in [7, 11) is 1.63. The molecule has 7 heteroatoms. The molecule has 6 nitrogen and oxygen atoms in total. The van der Waals surface area contributed by atoms with Crippen LogP contribution in [0.3, 0.4) is 0 Å². The lowest BCUT2D eigenvalue weighted by Crippen LogP contribution is -2.37. The van der Waals surface area contributed by atoms with Crippen molar-refractivity contribution >= 4 is 33.4 Å². The van der Waals surface area contributed by atoms with Crippen LogP contribution >= 0.6 is 15.9 Å². The van der Waals surface area contributed by atoms with Crippen molar-refractivity contribution in [2.45, 2.75) is 39.7 Å². The molecule has 31 heavy (non-hydrogen) atoms. The van der Waals surface area contributed by atoms with Gasteiger partial charge in [-0.2, -0.15) is 0 Å². The molecule has 3 aromatic rings. The highest BCUT2D eigenvalue weighted by Crippen LogP contribution is 2.42. The van der Waals surface area contributed by atoms with Crippen molar-refractivity contribution in [2.75, 3.05) is 11.9 Å². The summed E-state index contributed by atoms with van der Waals surface area (Å²) in [5.41, 5.74) is 1.98. The van der Waals surface area contributed by atoms with Gasteiger partial charge < -0.3 is 19.1 Å². The average Bonchev–Trinajstić information content (AvgIpc) is 3.30. The highest BCUT2D eigenvalue weighted by Gasteiger charge is 2.36. The largest absolute Gasteiger partial charge is 0.466 e. The van der Waals surface area contributed by atoms with Crippen LogP contribution in [-0.2, 0) is 6.42 Å². The third-order valence-electron chi connectivity index (χ3n) is 5.64. The zero-order chi connectivity index (χ0) is 22.3. The first-order chi connectivity index (χ1) is 14.6. The number of carbonyl (C=O) groups excluding carboxylic acids is 2. The molecule has 0 bridgehead atoms. The maximum atomic E-state index is 13.3. The summed E-state index contributed by atoms with van der Waals surface area (Å²) in [6.07, 6.45) is 1.65. The standard InChI is InChI=1S/C24H25BrN2O4/c1-14-11-16-17(12-24(2,3)13-20(16)30-14)26-22(28)15-7-5-6-8-18(15)27(4)23(29)19-9-10-21(25)31-19/h5-11,17H,12-13H2,1-4H3,(H,26,28). The summed E-state index contributed by atoms with van der Waals surface area (Å²) in [4.78, 5) is 27.6. The van der Waals surface area contributed by atoms with Crippen molar-refractivity contribution in [2.24, 2.45) is 5.41 Å². The predicted molar refractivity (Wildman–Crippen MR) is 121 cm³/mol. The van der Waals surface area contributed by atoms with Crippen LogP contribution in [0.15, 0.2) is 56.0 Å². The molecule has 1 N–H and O–H groups in total. The van der Waals surface area contributed by atoms with Gasteiger partial charge in [0, 0.05) is 19.0 Å². The Balaban J connectivity index is 1.61. The van der Waals surface area contributed by atoms with Gasteiger partial charge >= 0.3 is 0 Å². The number of aryl methyl sites for hydroxylation is 1. The summed E-state index contributed by atoms with van der Waals surface area (Å²) in [6.45, 7) is 6.27. The van der Waals surface area contributed by atoms with Crippen LogP contribution in [0.2, 0.25) is 0 Å². The molecule has 1 atom stereocenters. The first kappa shape index (κ1) is 21.4. The molecule has 162 valence electrons. The number of carbonyl (C=O) groups is 2. The molecule has 0 aliphatic heterocycles. The number of hydrogen-bond donors (Lipinski definition) is 1. The number of amides is 2. The molecule has 1 aliphatic carbocycles. The molecule has 1 unspecified atom stereocenters. The smallest absolute Gasteiger partial charge is 0.293 e. The van der Waals surface area contributed by atoms with E-state index in [4.69, 9.17) is 8.83 Å². The van der Waals surface area contributed by atoms with E-state index in [1.165, 1.54) is 4.90 Å². The van der Waals surface area contributed by atoms with Crippen LogP contribution in [0.4, 0.5) is 5.69 Å². The fourth-order valence-electron chi connectivity index (χ4n) is 4.21. The lowest BCUT2D eigenvalue weighted by molar-refractivity contribution is 0.0918. The van der Waals surface area contributed by atoms with Gasteiger partial charge in [0.1, 0.15) is 11.5 Å². The van der Waals surface area contributed by atoms with Gasteiger partial charge in [-0.1, -0.05) is 26.0 Å². The maximum Gasteiger partial charge on any atom is 0.293 e. The van der Waals surface area contributed by atoms with Crippen LogP contribution in [0.1, 0.15) is 64.3 Å². The average molecular weight is 485 g/mol. The SMILES string of the molecule is Cc1cc2c(o1)CC(C)(C)CC2NC(=O)c1ccccc1N(C)C(=O)c1ccc(Br)o1. The van der Waals surface area contributed by atoms with Crippen LogP contribution < -0.4 is 10.2 Å². The maximum absolute atomic E-state index is 13.3. The molecular formula is C24H25BrN2O4. The third-order valence-corrected chi connectivity index (χ3v) is 6.07. The van der Waals surface area contributed by atoms with E-state index in [0.717, 1.165) is 29.9 Å². The third kappa shape index (κ3) is 4.32. The normalized spacial score (nSPS) is 17.1. The van der Waals surface area contributed by atoms with E-state index in [9.17, 15) is 9.59 Å². The second-order valence-electron chi connectivity index (χ2n) is 8.79. The summed E-state index contributed by atoms with van der Waals surface area (Å²) in [6, 6.07) is 12.2. The van der Waals surface area contributed by atoms with Gasteiger partial charge in [0.2, 0.25) is 0 Å². The number of para-hydroxylation sites is 1. The Morgan fingerprint density at radius 1 is 1.16 bits per heavy atom. The second-order valence-corrected chi connectivity index (χ2v) is 9.57. The number of halogens is 1. The number of nitrogens with zero attached hydrogens (tertiary/aromatic N) is 1. The number of anilines is 1. The van der Waals surface area contributed by atoms with Gasteiger partial charge in [-0.15, -0.1) is 0 Å². The summed E-state index contributed by atoms with van der Waals surface area (Å²) >= 11 is 3.21. The fraction of sp³-hybridized carbons (Fsp3) is 0.333. The topological polar surface area (TPSA) is 75.7 Å². The molecule has 0 saturated heterocycles. The van der Waals surface area contributed by atoms with E-state index < -0.39 is 0 Å². The van der Waals surface area contributed by atoms with Crippen LogP contribution in [0.25, 0.3) is 0 Å². The minimum Gasteiger partial charge on any atom is -0.466 e. The predicted octanol–water partition coefficient (Wildman–Crippen LogP) is 5.66. The van der Waals surface area contributed by atoms with Gasteiger partial charge in [-0.25, -0.2) is 0 Å². The van der Waals surface area contributed by atoms with Crippen molar-refractivity contribution in [1.29, 1.82) is 0 Å². The molecule has 4 rings (SSSR count). The van der Waals surface area contributed by atoms with Gasteiger partial charge in [0.25, 0.3) is 11.8 Å². The Hall–Kier alpha value is -2.80. The molecule has 0 spiro atoms. The number of hydrogen-bond acceptors (Lipinski definition) is 4. The fourth-order valence-corrected chi connectivity index (χ4v) is 4.52. The Morgan fingerprint density at radius 2 is 1.90 bits per heavy atom. The molecule has 2 heterocycles. The Labute approximate surface area is 189 Å². The molecule has 0 fully saturated rings. The summed E-state index contributed by atoms with van der Waals surface area (Å²) < 4.78 is 11.7. The molecule has 0 radical (unpaired) electrons. The summed E-state index contributed by atoms with van der Waals surface area (Å²) in [5.74, 6) is 1.40. The lowest BCUT2D eigenvalue weighted by atomic mass is 9.74. The molecule has 2 amide bonds. The van der Waals surface area contributed by atoms with Gasteiger partial charge in [0.15, 0.2) is 10.4 Å². The quantitative estimate of drug-likeness (QED) is 0.517. The first-order valence-electron chi connectivity index (χ1n) is 10.2. The molecule has 1 aliphatic rings. The van der Waals surface area contributed by atoms with Crippen molar-refractivity contribution in [1.82, 2.24) is 5.32 Å². The van der Waals surface area contributed by atoms with E-state index >= 15 is 0 Å². The molecule has 2 aromatic heterocycles. The zero-order valence-electron chi connectivity index (χ0n) is 18.0. The van der Waals surface area contributed by atoms with E-state index in [1.807, 2.05) is 13.0 Å². The minimum absolute atomic E-state index is 0.00812. The number of rotatable bonds is 4. The van der Waals surface area contributed by atoms with E-state index in [-0.39, 0.29) is 29.0 Å². The van der Waals surface area contributed by atoms with E-state index in [2.05, 4.69) is 35.1 Å².